The van der Waals surface area contributed by atoms with Crippen LogP contribution in [0.4, 0.5) is 0 Å². The molecule has 0 aliphatic carbocycles. The van der Waals surface area contributed by atoms with Crippen molar-refractivity contribution in [3.05, 3.63) is 170 Å². The van der Waals surface area contributed by atoms with Gasteiger partial charge in [-0.3, -0.25) is 14.4 Å². The van der Waals surface area contributed by atoms with Crippen LogP contribution >= 0.6 is 0 Å². The van der Waals surface area contributed by atoms with Gasteiger partial charge in [0.05, 0.1) is 0 Å². The zero-order valence-corrected chi connectivity index (χ0v) is 42.1. The molecule has 0 fully saturated rings. The molecule has 0 saturated carbocycles. The van der Waals surface area contributed by atoms with Crippen LogP contribution in [0.3, 0.4) is 0 Å². The van der Waals surface area contributed by atoms with Crippen LogP contribution in [-0.2, 0) is 28.6 Å². The molecule has 0 spiro atoms. The van der Waals surface area contributed by atoms with Crippen molar-refractivity contribution in [2.75, 3.05) is 13.2 Å². The predicted octanol–water partition coefficient (Wildman–Crippen LogP) is 17.2. The Bertz CT molecular complexity index is 1620. The summed E-state index contributed by atoms with van der Waals surface area (Å²) in [6, 6.07) is 0. The summed E-state index contributed by atoms with van der Waals surface area (Å²) in [6.07, 6.45) is 79.1. The number of rotatable bonds is 43. The second-order valence-electron chi connectivity index (χ2n) is 16.0. The van der Waals surface area contributed by atoms with E-state index in [1.54, 1.807) is 0 Å². The van der Waals surface area contributed by atoms with Crippen molar-refractivity contribution in [3.63, 3.8) is 0 Å². The van der Waals surface area contributed by atoms with Gasteiger partial charge in [-0.2, -0.15) is 0 Å². The van der Waals surface area contributed by atoms with Gasteiger partial charge in [-0.25, -0.2) is 0 Å². The smallest absolute Gasteiger partial charge is 0.306 e. The molecular formula is C61H90O6. The lowest BCUT2D eigenvalue weighted by Crippen LogP contribution is -2.30. The minimum absolute atomic E-state index is 0.140. The third-order valence-electron chi connectivity index (χ3n) is 9.79. The number of esters is 3. The molecule has 0 saturated heterocycles. The highest BCUT2D eigenvalue weighted by atomic mass is 16.6. The Kier molecular flexibility index (Phi) is 49.2. The highest BCUT2D eigenvalue weighted by Gasteiger charge is 2.19. The van der Waals surface area contributed by atoms with Crippen molar-refractivity contribution in [1.29, 1.82) is 0 Å². The number of ether oxygens (including phenoxy) is 3. The van der Waals surface area contributed by atoms with Gasteiger partial charge in [0.15, 0.2) is 6.10 Å². The van der Waals surface area contributed by atoms with Crippen LogP contribution in [0.5, 0.6) is 0 Å². The van der Waals surface area contributed by atoms with Gasteiger partial charge in [0.25, 0.3) is 0 Å². The lowest BCUT2D eigenvalue weighted by atomic mass is 10.1. The van der Waals surface area contributed by atoms with E-state index in [2.05, 4.69) is 167 Å². The van der Waals surface area contributed by atoms with E-state index in [1.807, 2.05) is 24.3 Å². The molecule has 6 heteroatoms. The fraction of sp³-hybridized carbons (Fsp3) is 0.492. The lowest BCUT2D eigenvalue weighted by Gasteiger charge is -2.18. The third-order valence-corrected chi connectivity index (χ3v) is 9.79. The first-order valence-corrected chi connectivity index (χ1v) is 25.7. The number of carbonyl (C=O) groups is 3. The molecule has 67 heavy (non-hydrogen) atoms. The average Bonchev–Trinajstić information content (AvgIpc) is 3.33. The molecule has 0 aliphatic heterocycles. The van der Waals surface area contributed by atoms with E-state index in [4.69, 9.17) is 14.2 Å². The van der Waals surface area contributed by atoms with Gasteiger partial charge >= 0.3 is 17.9 Å². The first kappa shape index (κ1) is 61.8. The monoisotopic (exact) mass is 919 g/mol. The van der Waals surface area contributed by atoms with Gasteiger partial charge in [0.2, 0.25) is 0 Å². The van der Waals surface area contributed by atoms with Crippen LogP contribution in [0.25, 0.3) is 0 Å². The summed E-state index contributed by atoms with van der Waals surface area (Å²) in [5.74, 6) is -1.10. The molecule has 370 valence electrons. The molecule has 0 bridgehead atoms. The Balaban J connectivity index is 4.66. The molecule has 0 aromatic carbocycles. The summed E-state index contributed by atoms with van der Waals surface area (Å²) >= 11 is 0. The van der Waals surface area contributed by atoms with Gasteiger partial charge in [0.1, 0.15) is 13.2 Å². The topological polar surface area (TPSA) is 78.9 Å². The van der Waals surface area contributed by atoms with E-state index < -0.39 is 12.1 Å². The molecular weight excluding hydrogens is 829 g/mol. The van der Waals surface area contributed by atoms with E-state index in [-0.39, 0.29) is 38.0 Å². The Morgan fingerprint density at radius 1 is 0.313 bits per heavy atom. The van der Waals surface area contributed by atoms with Crippen molar-refractivity contribution in [2.24, 2.45) is 0 Å². The van der Waals surface area contributed by atoms with Gasteiger partial charge in [-0.1, -0.05) is 210 Å². The standard InChI is InChI=1S/C61H90O6/c1-4-7-10-13-16-19-22-25-28-30-33-36-39-42-45-48-51-54-60(63)66-57-58(56-65-59(62)53-50-47-44-41-38-35-32-27-24-21-18-15-12-9-6-3)67-61(64)55-52-49-46-43-40-37-34-31-29-26-23-20-17-14-11-8-5-2/h7-12,15-21,24-29,32-34,36-37,42-43,45-46,58H,4-6,13-14,22-23,30-31,35,38-41,44,47-57H2,1-3H3/b10-7-,11-8-,12-9-,18-15-,19-16-,20-17-,24-21-,28-25-,29-26-,32-27-,36-33-,37-34-,45-42-,46-43-. The minimum atomic E-state index is -0.850. The van der Waals surface area contributed by atoms with E-state index in [9.17, 15) is 14.4 Å². The quantitative estimate of drug-likeness (QED) is 0.0199. The molecule has 0 aromatic rings. The molecule has 0 rings (SSSR count). The highest BCUT2D eigenvalue weighted by Crippen LogP contribution is 2.11. The summed E-state index contributed by atoms with van der Waals surface area (Å²) in [4.78, 5) is 38.0. The van der Waals surface area contributed by atoms with E-state index in [1.165, 1.54) is 0 Å². The maximum atomic E-state index is 12.8. The first-order chi connectivity index (χ1) is 33.0. The largest absolute Gasteiger partial charge is 0.462 e. The first-order valence-electron chi connectivity index (χ1n) is 25.7. The second-order valence-corrected chi connectivity index (χ2v) is 16.0. The molecule has 0 heterocycles. The number of hydrogen-bond acceptors (Lipinski definition) is 6. The number of carbonyl (C=O) groups excluding carboxylic acids is 3. The molecule has 0 aliphatic rings. The maximum absolute atomic E-state index is 12.8. The zero-order valence-electron chi connectivity index (χ0n) is 42.1. The Morgan fingerprint density at radius 2 is 0.627 bits per heavy atom. The molecule has 6 nitrogen and oxygen atoms in total. The van der Waals surface area contributed by atoms with Crippen molar-refractivity contribution in [1.82, 2.24) is 0 Å². The summed E-state index contributed by atoms with van der Waals surface area (Å²) in [5, 5.41) is 0. The molecule has 1 unspecified atom stereocenters. The van der Waals surface area contributed by atoms with Crippen molar-refractivity contribution in [3.8, 4) is 0 Å². The van der Waals surface area contributed by atoms with Gasteiger partial charge in [0, 0.05) is 19.3 Å². The lowest BCUT2D eigenvalue weighted by molar-refractivity contribution is -0.167. The van der Waals surface area contributed by atoms with E-state index >= 15 is 0 Å². The Morgan fingerprint density at radius 3 is 1.06 bits per heavy atom. The summed E-state index contributed by atoms with van der Waals surface area (Å²) < 4.78 is 16.7. The molecule has 0 amide bonds. The number of allylic oxidation sites excluding steroid dienone is 28. The number of unbranched alkanes of at least 4 members (excludes halogenated alkanes) is 7. The summed E-state index contributed by atoms with van der Waals surface area (Å²) in [5.41, 5.74) is 0. The average molecular weight is 919 g/mol. The molecule has 1 atom stereocenters. The predicted molar refractivity (Wildman–Crippen MR) is 288 cm³/mol. The van der Waals surface area contributed by atoms with Gasteiger partial charge in [-0.05, 0) is 116 Å². The number of hydrogen-bond donors (Lipinski definition) is 0. The molecule has 0 aromatic heterocycles. The van der Waals surface area contributed by atoms with Crippen LogP contribution in [0.1, 0.15) is 175 Å². The van der Waals surface area contributed by atoms with Crippen LogP contribution in [0.15, 0.2) is 170 Å². The van der Waals surface area contributed by atoms with Gasteiger partial charge in [-0.15, -0.1) is 0 Å². The second kappa shape index (κ2) is 53.4. The van der Waals surface area contributed by atoms with Crippen molar-refractivity contribution >= 4 is 17.9 Å². The molecule has 0 N–H and O–H groups in total. The third kappa shape index (κ3) is 51.6. The van der Waals surface area contributed by atoms with Crippen LogP contribution < -0.4 is 0 Å². The van der Waals surface area contributed by atoms with E-state index in [0.717, 1.165) is 122 Å². The fourth-order valence-corrected chi connectivity index (χ4v) is 6.05. The van der Waals surface area contributed by atoms with Crippen LogP contribution in [0, 0.1) is 0 Å². The maximum Gasteiger partial charge on any atom is 0.306 e. The van der Waals surface area contributed by atoms with Crippen molar-refractivity contribution < 1.29 is 28.6 Å². The normalized spacial score (nSPS) is 13.5. The SMILES string of the molecule is CC\C=C/C=C\C=C/C=C\CCCCCCCC(=O)OCC(COC(=O)CCC/C=C\C/C=C\C/C=C\C/C=C\C/C=C\CC)OC(=O)CCC/C=C\C/C=C\C/C=C\C/C=C\C/C=C\CC. The zero-order chi connectivity index (χ0) is 48.6. The Hall–Kier alpha value is -5.23. The van der Waals surface area contributed by atoms with Crippen LogP contribution in [-0.4, -0.2) is 37.2 Å². The highest BCUT2D eigenvalue weighted by molar-refractivity contribution is 5.71. The summed E-state index contributed by atoms with van der Waals surface area (Å²) in [7, 11) is 0. The van der Waals surface area contributed by atoms with Crippen LogP contribution in [0.2, 0.25) is 0 Å². The minimum Gasteiger partial charge on any atom is -0.462 e. The Labute approximate surface area is 409 Å². The summed E-state index contributed by atoms with van der Waals surface area (Å²) in [6.45, 7) is 6.12. The van der Waals surface area contributed by atoms with Crippen molar-refractivity contribution in [2.45, 2.75) is 181 Å². The van der Waals surface area contributed by atoms with Gasteiger partial charge < -0.3 is 14.2 Å². The van der Waals surface area contributed by atoms with E-state index in [0.29, 0.717) is 19.3 Å². The fourth-order valence-electron chi connectivity index (χ4n) is 6.05. The molecule has 0 radical (unpaired) electrons.